The third kappa shape index (κ3) is 3.07. The zero-order valence-corrected chi connectivity index (χ0v) is 13.6. The van der Waals surface area contributed by atoms with E-state index >= 15 is 0 Å². The van der Waals surface area contributed by atoms with Gasteiger partial charge in [-0.15, -0.1) is 10.2 Å². The monoisotopic (exact) mass is 346 g/mol. The average molecular weight is 346 g/mol. The maximum Gasteiger partial charge on any atom is 0.270 e. The summed E-state index contributed by atoms with van der Waals surface area (Å²) >= 11 is 0. The molecule has 0 fully saturated rings. The molecule has 1 N–H and O–H groups in total. The molecular weight excluding hydrogens is 332 g/mol. The Balaban J connectivity index is 1.63. The van der Waals surface area contributed by atoms with Crippen molar-refractivity contribution in [2.45, 2.75) is 6.42 Å². The Morgan fingerprint density at radius 1 is 1.04 bits per heavy atom. The third-order valence-electron chi connectivity index (χ3n) is 3.97. The lowest BCUT2D eigenvalue weighted by molar-refractivity contribution is -0.384. The number of nitro groups is 1. The van der Waals surface area contributed by atoms with Gasteiger partial charge in [-0.1, -0.05) is 30.3 Å². The Morgan fingerprint density at radius 3 is 2.54 bits per heavy atom. The number of hydrogen-bond acceptors (Lipinski definition) is 6. The van der Waals surface area contributed by atoms with Gasteiger partial charge in [0.25, 0.3) is 11.6 Å². The molecule has 1 aromatic heterocycles. The number of non-ortho nitro benzene ring substituents is 1. The molecule has 0 aliphatic carbocycles. The fourth-order valence-corrected chi connectivity index (χ4v) is 2.66. The summed E-state index contributed by atoms with van der Waals surface area (Å²) < 4.78 is 1.73. The number of nitrogens with zero attached hydrogens (tertiary/aromatic N) is 5. The maximum atomic E-state index is 10.8. The summed E-state index contributed by atoms with van der Waals surface area (Å²) in [4.78, 5) is 14.7. The van der Waals surface area contributed by atoms with Crippen molar-refractivity contribution in [3.8, 4) is 0 Å². The van der Waals surface area contributed by atoms with Gasteiger partial charge in [0.2, 0.25) is 0 Å². The topological polar surface area (TPSA) is 98.2 Å². The number of rotatable bonds is 4. The molecule has 1 aliphatic heterocycles. The van der Waals surface area contributed by atoms with Gasteiger partial charge in [-0.25, -0.2) is 9.67 Å². The van der Waals surface area contributed by atoms with Gasteiger partial charge in [0.05, 0.1) is 10.6 Å². The lowest BCUT2D eigenvalue weighted by Crippen LogP contribution is -2.16. The first kappa shape index (κ1) is 15.7. The van der Waals surface area contributed by atoms with Crippen molar-refractivity contribution in [1.82, 2.24) is 14.9 Å². The third-order valence-corrected chi connectivity index (χ3v) is 3.97. The second kappa shape index (κ2) is 6.60. The van der Waals surface area contributed by atoms with Crippen LogP contribution in [0.25, 0.3) is 5.70 Å². The van der Waals surface area contributed by atoms with E-state index in [9.17, 15) is 10.1 Å². The molecule has 0 atom stereocenters. The number of hydrogen-bond donors (Lipinski definition) is 1. The highest BCUT2D eigenvalue weighted by molar-refractivity contribution is 5.88. The van der Waals surface area contributed by atoms with Crippen LogP contribution in [0.4, 0.5) is 11.6 Å². The minimum atomic E-state index is -0.421. The van der Waals surface area contributed by atoms with Crippen LogP contribution in [0.5, 0.6) is 0 Å². The van der Waals surface area contributed by atoms with Crippen molar-refractivity contribution >= 4 is 23.5 Å². The standard InChI is InChI=1S/C18H14N6O2/c25-24(26)15-8-6-14(7-9-15)16-10-11-19-18-21-20-17(23(18)22-16)12-13-4-2-1-3-5-13/h1-11,22H,12H2. The van der Waals surface area contributed by atoms with Gasteiger partial charge >= 0.3 is 0 Å². The largest absolute Gasteiger partial charge is 0.289 e. The van der Waals surface area contributed by atoms with Crippen LogP contribution in [-0.4, -0.2) is 26.0 Å². The average Bonchev–Trinajstić information content (AvgIpc) is 2.90. The smallest absolute Gasteiger partial charge is 0.270 e. The van der Waals surface area contributed by atoms with E-state index in [0.717, 1.165) is 22.6 Å². The molecule has 8 heteroatoms. The predicted octanol–water partition coefficient (Wildman–Crippen LogP) is 3.08. The molecule has 4 rings (SSSR count). The van der Waals surface area contributed by atoms with Gasteiger partial charge in [-0.05, 0) is 29.3 Å². The fraction of sp³-hybridized carbons (Fsp3) is 0.0556. The van der Waals surface area contributed by atoms with Gasteiger partial charge in [0.1, 0.15) is 0 Å². The molecule has 0 saturated carbocycles. The first-order valence-electron chi connectivity index (χ1n) is 7.95. The molecular formula is C18H14N6O2. The van der Waals surface area contributed by atoms with E-state index in [1.54, 1.807) is 29.1 Å². The van der Waals surface area contributed by atoms with Crippen LogP contribution in [0.2, 0.25) is 0 Å². The molecule has 2 aromatic carbocycles. The molecule has 0 spiro atoms. The van der Waals surface area contributed by atoms with Crippen LogP contribution in [0.1, 0.15) is 17.0 Å². The van der Waals surface area contributed by atoms with Crippen LogP contribution in [-0.2, 0) is 6.42 Å². The Labute approximate surface area is 148 Å². The van der Waals surface area contributed by atoms with Crippen molar-refractivity contribution in [1.29, 1.82) is 0 Å². The van der Waals surface area contributed by atoms with E-state index in [4.69, 9.17) is 0 Å². The highest BCUT2D eigenvalue weighted by atomic mass is 16.6. The number of nitrogens with one attached hydrogen (secondary N) is 1. The van der Waals surface area contributed by atoms with E-state index in [1.165, 1.54) is 12.1 Å². The molecule has 8 nitrogen and oxygen atoms in total. The lowest BCUT2D eigenvalue weighted by Gasteiger charge is -2.13. The number of aromatic nitrogens is 3. The molecule has 0 bridgehead atoms. The zero-order chi connectivity index (χ0) is 17.9. The van der Waals surface area contributed by atoms with Crippen LogP contribution >= 0.6 is 0 Å². The fourth-order valence-electron chi connectivity index (χ4n) is 2.66. The lowest BCUT2D eigenvalue weighted by atomic mass is 10.1. The molecule has 0 radical (unpaired) electrons. The first-order chi connectivity index (χ1) is 12.7. The zero-order valence-electron chi connectivity index (χ0n) is 13.6. The minimum absolute atomic E-state index is 0.0476. The SMILES string of the molecule is O=[N+]([O-])c1ccc(C2=CC=Nc3nnc(Cc4ccccc4)n3N2)cc1. The summed E-state index contributed by atoms with van der Waals surface area (Å²) in [6, 6.07) is 16.3. The predicted molar refractivity (Wildman–Crippen MR) is 97.9 cm³/mol. The number of fused-ring (bicyclic) bond motifs is 1. The normalized spacial score (nSPS) is 12.7. The van der Waals surface area contributed by atoms with Gasteiger partial charge in [-0.2, -0.15) is 0 Å². The molecule has 26 heavy (non-hydrogen) atoms. The van der Waals surface area contributed by atoms with Gasteiger partial charge in [-0.3, -0.25) is 15.5 Å². The summed E-state index contributed by atoms with van der Waals surface area (Å²) in [5.74, 6) is 1.17. The number of allylic oxidation sites excluding steroid dienone is 1. The van der Waals surface area contributed by atoms with Gasteiger partial charge in [0.15, 0.2) is 5.82 Å². The van der Waals surface area contributed by atoms with E-state index in [-0.39, 0.29) is 5.69 Å². The van der Waals surface area contributed by atoms with Crippen LogP contribution in [0, 0.1) is 10.1 Å². The second-order valence-electron chi connectivity index (χ2n) is 5.69. The summed E-state index contributed by atoms with van der Waals surface area (Å²) in [7, 11) is 0. The maximum absolute atomic E-state index is 10.8. The molecule has 1 aliphatic rings. The molecule has 0 unspecified atom stereocenters. The van der Waals surface area contributed by atoms with Gasteiger partial charge in [0, 0.05) is 24.8 Å². The number of nitro benzene ring substituents is 1. The van der Waals surface area contributed by atoms with Crippen LogP contribution < -0.4 is 5.43 Å². The van der Waals surface area contributed by atoms with Crippen molar-refractivity contribution in [2.24, 2.45) is 4.99 Å². The van der Waals surface area contributed by atoms with E-state index < -0.39 is 4.92 Å². The van der Waals surface area contributed by atoms with E-state index in [0.29, 0.717) is 12.4 Å². The van der Waals surface area contributed by atoms with Crippen LogP contribution in [0.3, 0.4) is 0 Å². The summed E-state index contributed by atoms with van der Waals surface area (Å²) in [6.07, 6.45) is 4.02. The van der Waals surface area contributed by atoms with Crippen molar-refractivity contribution in [3.05, 3.63) is 87.7 Å². The molecule has 2 heterocycles. The van der Waals surface area contributed by atoms with Crippen LogP contribution in [0.15, 0.2) is 65.7 Å². The summed E-state index contributed by atoms with van der Waals surface area (Å²) in [5, 5.41) is 19.2. The second-order valence-corrected chi connectivity index (χ2v) is 5.69. The van der Waals surface area contributed by atoms with E-state index in [2.05, 4.69) is 20.6 Å². The Bertz CT molecular complexity index is 1010. The quantitative estimate of drug-likeness (QED) is 0.578. The Kier molecular flexibility index (Phi) is 3.98. The highest BCUT2D eigenvalue weighted by Crippen LogP contribution is 2.22. The number of aliphatic imine (C=N–C) groups is 1. The molecule has 128 valence electrons. The Morgan fingerprint density at radius 2 is 1.81 bits per heavy atom. The minimum Gasteiger partial charge on any atom is -0.289 e. The molecule has 0 saturated heterocycles. The first-order valence-corrected chi connectivity index (χ1v) is 7.95. The van der Waals surface area contributed by atoms with Crippen molar-refractivity contribution in [3.63, 3.8) is 0 Å². The molecule has 0 amide bonds. The number of benzene rings is 2. The highest BCUT2D eigenvalue weighted by Gasteiger charge is 2.16. The van der Waals surface area contributed by atoms with E-state index in [1.807, 2.05) is 30.3 Å². The van der Waals surface area contributed by atoms with Gasteiger partial charge < -0.3 is 0 Å². The summed E-state index contributed by atoms with van der Waals surface area (Å²) in [6.45, 7) is 0. The Hall–Kier alpha value is -3.81. The molecule has 3 aromatic rings. The van der Waals surface area contributed by atoms with Crippen molar-refractivity contribution in [2.75, 3.05) is 5.43 Å². The van der Waals surface area contributed by atoms with Crippen molar-refractivity contribution < 1.29 is 4.92 Å². The summed E-state index contributed by atoms with van der Waals surface area (Å²) in [5.41, 5.74) is 5.96.